The van der Waals surface area contributed by atoms with E-state index < -0.39 is 0 Å². The molecule has 0 amide bonds. The molecule has 1 aromatic rings. The van der Waals surface area contributed by atoms with Gasteiger partial charge in [-0.05, 0) is 6.92 Å². The molecule has 0 aliphatic carbocycles. The summed E-state index contributed by atoms with van der Waals surface area (Å²) in [5.74, 6) is 0.873. The third-order valence-electron chi connectivity index (χ3n) is 2.35. The summed E-state index contributed by atoms with van der Waals surface area (Å²) >= 11 is 0. The third-order valence-corrected chi connectivity index (χ3v) is 2.35. The van der Waals surface area contributed by atoms with Gasteiger partial charge in [0, 0.05) is 12.4 Å². The summed E-state index contributed by atoms with van der Waals surface area (Å²) in [5.41, 5.74) is 0.915. The van der Waals surface area contributed by atoms with Gasteiger partial charge >= 0.3 is 14.1 Å². The van der Waals surface area contributed by atoms with Gasteiger partial charge in [0.15, 0.2) is 0 Å². The van der Waals surface area contributed by atoms with Gasteiger partial charge in [0.2, 0.25) is 0 Å². The first-order valence-corrected chi connectivity index (χ1v) is 4.65. The van der Waals surface area contributed by atoms with Gasteiger partial charge < -0.3 is 14.0 Å². The quantitative estimate of drug-likeness (QED) is 0.482. The SMILES string of the molecule is Cc1nccnc1N(B1CO1)B1CO1. The lowest BCUT2D eigenvalue weighted by Gasteiger charge is -2.17. The van der Waals surface area contributed by atoms with Crippen LogP contribution in [0.15, 0.2) is 12.4 Å². The van der Waals surface area contributed by atoms with E-state index in [1.54, 1.807) is 12.4 Å². The number of hydrogen-bond acceptors (Lipinski definition) is 5. The third kappa shape index (κ3) is 1.38. The molecule has 2 aliphatic rings. The van der Waals surface area contributed by atoms with Gasteiger partial charge in [0.1, 0.15) is 5.82 Å². The Morgan fingerprint density at radius 2 is 1.79 bits per heavy atom. The Hall–Kier alpha value is -1.07. The second kappa shape index (κ2) is 2.96. The average Bonchev–Trinajstić information content (AvgIpc) is 2.99. The average molecular weight is 189 g/mol. The first kappa shape index (κ1) is 8.26. The Balaban J connectivity index is 1.93. The fourth-order valence-electron chi connectivity index (χ4n) is 1.52. The molecule has 7 heteroatoms. The van der Waals surface area contributed by atoms with Crippen molar-refractivity contribution >= 4 is 19.9 Å². The Kier molecular flexibility index (Phi) is 1.75. The van der Waals surface area contributed by atoms with Crippen LogP contribution in [0.5, 0.6) is 0 Å². The van der Waals surface area contributed by atoms with E-state index in [1.165, 1.54) is 0 Å². The molecule has 0 saturated carbocycles. The normalized spacial score (nSPS) is 18.4. The Morgan fingerprint density at radius 1 is 1.21 bits per heavy atom. The first-order valence-electron chi connectivity index (χ1n) is 4.65. The van der Waals surface area contributed by atoms with Crippen LogP contribution in [0.25, 0.3) is 0 Å². The van der Waals surface area contributed by atoms with E-state index in [0.29, 0.717) is 0 Å². The molecule has 2 fully saturated rings. The van der Waals surface area contributed by atoms with Gasteiger partial charge in [-0.25, -0.2) is 4.98 Å². The maximum atomic E-state index is 5.26. The molecule has 1 aromatic heterocycles. The molecule has 0 aromatic carbocycles. The molecule has 0 radical (unpaired) electrons. The van der Waals surface area contributed by atoms with E-state index in [-0.39, 0.29) is 14.1 Å². The highest BCUT2D eigenvalue weighted by Gasteiger charge is 2.51. The van der Waals surface area contributed by atoms with Crippen molar-refractivity contribution in [3.05, 3.63) is 18.1 Å². The van der Waals surface area contributed by atoms with Gasteiger partial charge in [0.25, 0.3) is 0 Å². The van der Waals surface area contributed by atoms with Crippen molar-refractivity contribution in [2.45, 2.75) is 6.92 Å². The van der Waals surface area contributed by atoms with Crippen molar-refractivity contribution in [1.29, 1.82) is 0 Å². The van der Waals surface area contributed by atoms with Crippen LogP contribution in [-0.4, -0.2) is 37.1 Å². The standard InChI is InChI=1S/C7H9B2N3O2/c1-6-7(11-3-2-10-6)12(8-4-13-8)9-5-14-9/h2-3H,4-5H2,1H3. The zero-order valence-electron chi connectivity index (χ0n) is 7.88. The number of aromatic nitrogens is 2. The van der Waals surface area contributed by atoms with E-state index >= 15 is 0 Å². The summed E-state index contributed by atoms with van der Waals surface area (Å²) < 4.78 is 12.6. The predicted molar refractivity (Wildman–Crippen MR) is 52.7 cm³/mol. The summed E-state index contributed by atoms with van der Waals surface area (Å²) in [4.78, 5) is 8.51. The van der Waals surface area contributed by atoms with Crippen LogP contribution in [0.4, 0.5) is 5.82 Å². The maximum absolute atomic E-state index is 5.26. The summed E-state index contributed by atoms with van der Waals surface area (Å²) in [6.07, 6.45) is 3.39. The fourth-order valence-corrected chi connectivity index (χ4v) is 1.52. The molecule has 0 bridgehead atoms. The zero-order valence-corrected chi connectivity index (χ0v) is 7.88. The fraction of sp³-hybridized carbons (Fsp3) is 0.429. The second-order valence-corrected chi connectivity index (χ2v) is 3.45. The van der Waals surface area contributed by atoms with Gasteiger partial charge in [-0.3, -0.25) is 4.98 Å². The monoisotopic (exact) mass is 189 g/mol. The Morgan fingerprint density at radius 3 is 2.29 bits per heavy atom. The molecule has 70 valence electrons. The number of nitrogens with zero attached hydrogens (tertiary/aromatic N) is 3. The molecule has 14 heavy (non-hydrogen) atoms. The van der Waals surface area contributed by atoms with Crippen molar-refractivity contribution in [3.63, 3.8) is 0 Å². The van der Waals surface area contributed by atoms with Gasteiger partial charge in [0.05, 0.1) is 18.7 Å². The molecular formula is C7H9B2N3O2. The molecule has 5 nitrogen and oxygen atoms in total. The second-order valence-electron chi connectivity index (χ2n) is 3.45. The molecule has 3 rings (SSSR count). The summed E-state index contributed by atoms with van der Waals surface area (Å²) in [5, 5.41) is 0. The van der Waals surface area contributed by atoms with E-state index in [4.69, 9.17) is 9.31 Å². The van der Waals surface area contributed by atoms with Crippen molar-refractivity contribution in [2.24, 2.45) is 0 Å². The molecule has 0 N–H and O–H groups in total. The van der Waals surface area contributed by atoms with E-state index in [2.05, 4.69) is 14.7 Å². The first-order chi connectivity index (χ1) is 6.86. The topological polar surface area (TPSA) is 54.1 Å². The highest BCUT2D eigenvalue weighted by atomic mass is 16.5. The maximum Gasteiger partial charge on any atom is 0.431 e. The van der Waals surface area contributed by atoms with Crippen LogP contribution in [0.3, 0.4) is 0 Å². The van der Waals surface area contributed by atoms with Crippen molar-refractivity contribution in [2.75, 3.05) is 17.7 Å². The van der Waals surface area contributed by atoms with Crippen molar-refractivity contribution in [1.82, 2.24) is 9.97 Å². The Labute approximate surface area is 82.7 Å². The van der Waals surface area contributed by atoms with Crippen LogP contribution in [0.1, 0.15) is 5.69 Å². The molecule has 2 saturated heterocycles. The predicted octanol–water partition coefficient (Wildman–Crippen LogP) is -0.293. The minimum atomic E-state index is 0.137. The molecule has 2 aliphatic heterocycles. The van der Waals surface area contributed by atoms with Crippen LogP contribution >= 0.6 is 0 Å². The molecule has 3 heterocycles. The molecule has 0 unspecified atom stereocenters. The van der Waals surface area contributed by atoms with Crippen LogP contribution in [-0.2, 0) is 9.31 Å². The van der Waals surface area contributed by atoms with E-state index in [1.807, 2.05) is 6.92 Å². The van der Waals surface area contributed by atoms with Crippen molar-refractivity contribution in [3.8, 4) is 0 Å². The number of rotatable bonds is 3. The largest absolute Gasteiger partial charge is 0.431 e. The Bertz CT molecular complexity index is 345. The molecule has 0 atom stereocenters. The van der Waals surface area contributed by atoms with Gasteiger partial charge in [-0.1, -0.05) is 0 Å². The van der Waals surface area contributed by atoms with Gasteiger partial charge in [-0.2, -0.15) is 0 Å². The van der Waals surface area contributed by atoms with E-state index in [9.17, 15) is 0 Å². The smallest absolute Gasteiger partial charge is 0.418 e. The van der Waals surface area contributed by atoms with Crippen molar-refractivity contribution < 1.29 is 9.31 Å². The number of anilines is 1. The minimum absolute atomic E-state index is 0.137. The number of hydrogen-bond donors (Lipinski definition) is 0. The molecule has 0 spiro atoms. The number of aryl methyl sites for hydroxylation is 1. The summed E-state index contributed by atoms with van der Waals surface area (Å²) in [6, 6.07) is 0. The lowest BCUT2D eigenvalue weighted by molar-refractivity contribution is 0.551. The highest BCUT2D eigenvalue weighted by Crippen LogP contribution is 2.26. The lowest BCUT2D eigenvalue weighted by atomic mass is 9.77. The minimum Gasteiger partial charge on any atom is -0.418 e. The van der Waals surface area contributed by atoms with Crippen LogP contribution in [0.2, 0.25) is 0 Å². The van der Waals surface area contributed by atoms with Crippen LogP contribution < -0.4 is 4.72 Å². The zero-order chi connectivity index (χ0) is 9.54. The molecular weight excluding hydrogens is 180 g/mol. The van der Waals surface area contributed by atoms with Crippen LogP contribution in [0, 0.1) is 6.92 Å². The lowest BCUT2D eigenvalue weighted by Crippen LogP contribution is -2.38. The van der Waals surface area contributed by atoms with E-state index in [0.717, 1.165) is 24.5 Å². The summed E-state index contributed by atoms with van der Waals surface area (Å²) in [7, 11) is 0.274. The van der Waals surface area contributed by atoms with Gasteiger partial charge in [-0.15, -0.1) is 0 Å². The highest BCUT2D eigenvalue weighted by molar-refractivity contribution is 6.84. The summed E-state index contributed by atoms with van der Waals surface area (Å²) in [6.45, 7) is 3.46.